The Hall–Kier alpha value is -1.97. The van der Waals surface area contributed by atoms with Gasteiger partial charge in [0.25, 0.3) is 10.0 Å². The van der Waals surface area contributed by atoms with Crippen molar-refractivity contribution in [1.29, 1.82) is 0 Å². The number of rotatable bonds is 5. The number of nitrogens with zero attached hydrogens (tertiary/aromatic N) is 2. The molecule has 1 atom stereocenters. The number of piperidine rings is 1. The third-order valence-corrected chi connectivity index (χ3v) is 9.06. The van der Waals surface area contributed by atoms with Crippen molar-refractivity contribution in [2.24, 2.45) is 5.92 Å². The maximum Gasteiger partial charge on any atom is 0.252 e. The van der Waals surface area contributed by atoms with Crippen LogP contribution in [-0.4, -0.2) is 44.8 Å². The van der Waals surface area contributed by atoms with Crippen molar-refractivity contribution >= 4 is 38.6 Å². The van der Waals surface area contributed by atoms with Gasteiger partial charge in [-0.2, -0.15) is 4.31 Å². The molecule has 2 fully saturated rings. The average Bonchev–Trinajstić information content (AvgIpc) is 3.40. The smallest absolute Gasteiger partial charge is 0.252 e. The van der Waals surface area contributed by atoms with Crippen molar-refractivity contribution in [3.8, 4) is 0 Å². The lowest BCUT2D eigenvalue weighted by Crippen LogP contribution is -2.43. The molecule has 0 bridgehead atoms. The molecule has 4 rings (SSSR count). The van der Waals surface area contributed by atoms with Crippen molar-refractivity contribution < 1.29 is 17.6 Å². The number of anilines is 2. The molecule has 162 valence electrons. The summed E-state index contributed by atoms with van der Waals surface area (Å²) in [5.41, 5.74) is 0.959. The minimum Gasteiger partial charge on any atom is -0.369 e. The lowest BCUT2D eigenvalue weighted by molar-refractivity contribution is -0.120. The molecule has 1 aromatic heterocycles. The number of aryl methyl sites for hydroxylation is 1. The molecule has 2 aliphatic rings. The molecule has 1 aromatic carbocycles. The summed E-state index contributed by atoms with van der Waals surface area (Å²) in [6, 6.07) is 8.15. The van der Waals surface area contributed by atoms with Crippen LogP contribution < -0.4 is 10.2 Å². The van der Waals surface area contributed by atoms with Gasteiger partial charge in [0.15, 0.2) is 0 Å². The Morgan fingerprint density at radius 3 is 2.57 bits per heavy atom. The highest BCUT2D eigenvalue weighted by atomic mass is 32.2. The zero-order valence-corrected chi connectivity index (χ0v) is 18.6. The van der Waals surface area contributed by atoms with E-state index in [9.17, 15) is 17.6 Å². The Morgan fingerprint density at radius 1 is 1.13 bits per heavy atom. The molecule has 0 spiro atoms. The molecule has 1 amide bonds. The first-order valence-electron chi connectivity index (χ1n) is 10.3. The fraction of sp³-hybridized carbons (Fsp3) is 0.476. The van der Waals surface area contributed by atoms with Gasteiger partial charge < -0.3 is 10.2 Å². The van der Waals surface area contributed by atoms with Gasteiger partial charge in [-0.25, -0.2) is 12.8 Å². The van der Waals surface area contributed by atoms with Crippen LogP contribution in [0.25, 0.3) is 0 Å². The normalized spacial score (nSPS) is 20.5. The van der Waals surface area contributed by atoms with Crippen LogP contribution in [0.5, 0.6) is 0 Å². The molecule has 2 aromatic rings. The fourth-order valence-electron chi connectivity index (χ4n) is 4.10. The highest BCUT2D eigenvalue weighted by Crippen LogP contribution is 2.30. The summed E-state index contributed by atoms with van der Waals surface area (Å²) in [5.74, 6) is -1.09. The first-order chi connectivity index (χ1) is 14.3. The van der Waals surface area contributed by atoms with Gasteiger partial charge in [0.05, 0.1) is 11.6 Å². The second-order valence-corrected chi connectivity index (χ2v) is 11.4. The lowest BCUT2D eigenvalue weighted by Gasteiger charge is -2.30. The van der Waals surface area contributed by atoms with E-state index in [4.69, 9.17) is 0 Å². The molecule has 1 unspecified atom stereocenters. The summed E-state index contributed by atoms with van der Waals surface area (Å²) < 4.78 is 42.0. The second-order valence-electron chi connectivity index (χ2n) is 7.92. The topological polar surface area (TPSA) is 69.7 Å². The van der Waals surface area contributed by atoms with Gasteiger partial charge in [-0.3, -0.25) is 4.79 Å². The maximum atomic E-state index is 14.5. The number of sulfonamides is 1. The monoisotopic (exact) mass is 451 g/mol. The SMILES string of the molecule is Cc1ccc(S(=O)(=O)N2CCCC(C(=O)Nc3ccc(N4CCCC4)c(F)c3)C2)s1. The summed E-state index contributed by atoms with van der Waals surface area (Å²) >= 11 is 1.24. The summed E-state index contributed by atoms with van der Waals surface area (Å²) in [7, 11) is -3.60. The molecule has 0 radical (unpaired) electrons. The van der Waals surface area contributed by atoms with Gasteiger partial charge in [-0.1, -0.05) is 0 Å². The number of hydrogen-bond acceptors (Lipinski definition) is 5. The van der Waals surface area contributed by atoms with Crippen LogP contribution in [0.2, 0.25) is 0 Å². The Morgan fingerprint density at radius 2 is 1.90 bits per heavy atom. The summed E-state index contributed by atoms with van der Waals surface area (Å²) in [6.45, 7) is 4.10. The molecular formula is C21H26FN3O3S2. The molecule has 6 nitrogen and oxygen atoms in total. The number of carbonyl (C=O) groups excluding carboxylic acids is 1. The molecule has 2 aliphatic heterocycles. The van der Waals surface area contributed by atoms with Gasteiger partial charge in [0, 0.05) is 36.7 Å². The Bertz CT molecular complexity index is 1030. The van der Waals surface area contributed by atoms with Gasteiger partial charge in [0.1, 0.15) is 10.0 Å². The number of amides is 1. The zero-order valence-electron chi connectivity index (χ0n) is 16.9. The second kappa shape index (κ2) is 8.64. The first-order valence-corrected chi connectivity index (χ1v) is 12.5. The number of halogens is 1. The maximum absolute atomic E-state index is 14.5. The standard InChI is InChI=1S/C21H26FN3O3S2/c1-15-6-9-20(29-15)30(27,28)25-12-4-5-16(14-25)21(26)23-17-7-8-19(18(22)13-17)24-10-2-3-11-24/h6-9,13,16H,2-5,10-12,14H2,1H3,(H,23,26). The zero-order chi connectivity index (χ0) is 21.3. The number of nitrogens with one attached hydrogen (secondary N) is 1. The van der Waals surface area contributed by atoms with Crippen LogP contribution in [0.1, 0.15) is 30.6 Å². The van der Waals surface area contributed by atoms with Crippen LogP contribution >= 0.6 is 11.3 Å². The largest absolute Gasteiger partial charge is 0.369 e. The number of carbonyl (C=O) groups is 1. The van der Waals surface area contributed by atoms with Gasteiger partial charge in [0.2, 0.25) is 5.91 Å². The highest BCUT2D eigenvalue weighted by molar-refractivity contribution is 7.91. The Balaban J connectivity index is 1.43. The molecule has 1 N–H and O–H groups in total. The van der Waals surface area contributed by atoms with Crippen molar-refractivity contribution in [1.82, 2.24) is 4.31 Å². The summed E-state index contributed by atoms with van der Waals surface area (Å²) in [4.78, 5) is 15.7. The summed E-state index contributed by atoms with van der Waals surface area (Å²) in [6.07, 6.45) is 3.34. The number of benzene rings is 1. The van der Waals surface area contributed by atoms with Crippen LogP contribution in [0.4, 0.5) is 15.8 Å². The van der Waals surface area contributed by atoms with E-state index in [1.807, 2.05) is 11.8 Å². The van der Waals surface area contributed by atoms with Crippen LogP contribution in [0.15, 0.2) is 34.5 Å². The fourth-order valence-corrected chi connectivity index (χ4v) is 7.06. The Kier molecular flexibility index (Phi) is 6.13. The van der Waals surface area contributed by atoms with E-state index >= 15 is 0 Å². The van der Waals surface area contributed by atoms with E-state index in [0.29, 0.717) is 35.0 Å². The Labute approximate surface area is 180 Å². The highest BCUT2D eigenvalue weighted by Gasteiger charge is 2.34. The summed E-state index contributed by atoms with van der Waals surface area (Å²) in [5, 5.41) is 2.77. The van der Waals surface area contributed by atoms with E-state index in [-0.39, 0.29) is 18.3 Å². The van der Waals surface area contributed by atoms with E-state index < -0.39 is 15.9 Å². The molecule has 0 aliphatic carbocycles. The van der Waals surface area contributed by atoms with Crippen molar-refractivity contribution in [2.45, 2.75) is 36.8 Å². The molecule has 0 saturated carbocycles. The van der Waals surface area contributed by atoms with Crippen molar-refractivity contribution in [3.63, 3.8) is 0 Å². The average molecular weight is 452 g/mol. The molecule has 30 heavy (non-hydrogen) atoms. The van der Waals surface area contributed by atoms with Crippen molar-refractivity contribution in [3.05, 3.63) is 41.0 Å². The predicted octanol–water partition coefficient (Wildman–Crippen LogP) is 3.84. The van der Waals surface area contributed by atoms with E-state index in [2.05, 4.69) is 5.32 Å². The molecule has 2 saturated heterocycles. The lowest BCUT2D eigenvalue weighted by atomic mass is 9.98. The third kappa shape index (κ3) is 4.38. The number of hydrogen-bond donors (Lipinski definition) is 1. The quantitative estimate of drug-likeness (QED) is 0.750. The minimum absolute atomic E-state index is 0.138. The predicted molar refractivity (Wildman–Crippen MR) is 117 cm³/mol. The van der Waals surface area contributed by atoms with E-state index in [1.165, 1.54) is 21.7 Å². The first kappa shape index (κ1) is 21.3. The molecular weight excluding hydrogens is 425 g/mol. The minimum atomic E-state index is -3.60. The number of thiophene rings is 1. The van der Waals surface area contributed by atoms with Gasteiger partial charge >= 0.3 is 0 Å². The van der Waals surface area contributed by atoms with Crippen LogP contribution in [0.3, 0.4) is 0 Å². The molecule has 3 heterocycles. The van der Waals surface area contributed by atoms with Gasteiger partial charge in [-0.15, -0.1) is 11.3 Å². The van der Waals surface area contributed by atoms with Crippen molar-refractivity contribution in [2.75, 3.05) is 36.4 Å². The third-order valence-electron chi connectivity index (χ3n) is 5.73. The van der Waals surface area contributed by atoms with Gasteiger partial charge in [-0.05, 0) is 62.9 Å². The molecule has 9 heteroatoms. The van der Waals surface area contributed by atoms with E-state index in [0.717, 1.165) is 30.8 Å². The van der Waals surface area contributed by atoms with Crippen LogP contribution in [0, 0.1) is 18.7 Å². The van der Waals surface area contributed by atoms with Crippen LogP contribution in [-0.2, 0) is 14.8 Å². The van der Waals surface area contributed by atoms with E-state index in [1.54, 1.807) is 24.3 Å².